The van der Waals surface area contributed by atoms with Gasteiger partial charge in [-0.05, 0) is 58.0 Å². The van der Waals surface area contributed by atoms with Crippen molar-refractivity contribution in [1.29, 1.82) is 0 Å². The zero-order valence-electron chi connectivity index (χ0n) is 19.2. The van der Waals surface area contributed by atoms with E-state index in [1.807, 2.05) is 0 Å². The average molecular weight is 459 g/mol. The van der Waals surface area contributed by atoms with Crippen LogP contribution in [0.2, 0.25) is 5.02 Å². The zero-order valence-corrected chi connectivity index (χ0v) is 20.0. The summed E-state index contributed by atoms with van der Waals surface area (Å²) in [4.78, 5) is 0. The van der Waals surface area contributed by atoms with E-state index in [9.17, 15) is 0 Å². The molecule has 0 amide bonds. The predicted octanol–water partition coefficient (Wildman–Crippen LogP) is 9.01. The summed E-state index contributed by atoms with van der Waals surface area (Å²) in [7, 11) is 0. The second-order valence-electron chi connectivity index (χ2n) is 8.72. The molecule has 5 rings (SSSR count). The number of benzene rings is 5. The molecule has 0 aliphatic heterocycles. The third-order valence-electron chi connectivity index (χ3n) is 6.61. The molecule has 0 bridgehead atoms. The van der Waals surface area contributed by atoms with Gasteiger partial charge in [0.05, 0.1) is 0 Å². The van der Waals surface area contributed by atoms with Crippen LogP contribution in [0.15, 0.2) is 133 Å². The summed E-state index contributed by atoms with van der Waals surface area (Å²) in [5.41, 5.74) is 8.83. The van der Waals surface area contributed by atoms with Gasteiger partial charge in [0.15, 0.2) is 0 Å². The van der Waals surface area contributed by atoms with E-state index in [1.54, 1.807) is 0 Å². The van der Waals surface area contributed by atoms with E-state index in [0.29, 0.717) is 0 Å². The molecule has 0 aromatic heterocycles. The van der Waals surface area contributed by atoms with Crippen molar-refractivity contribution in [3.8, 4) is 0 Å². The topological polar surface area (TPSA) is 0 Å². The van der Waals surface area contributed by atoms with Gasteiger partial charge in [-0.3, -0.25) is 0 Å². The molecule has 0 unspecified atom stereocenters. The molecule has 0 saturated carbocycles. The van der Waals surface area contributed by atoms with Crippen molar-refractivity contribution < 1.29 is 0 Å². The summed E-state index contributed by atoms with van der Waals surface area (Å²) in [5.74, 6) is 0.207. The summed E-state index contributed by atoms with van der Waals surface area (Å²) in [6.07, 6.45) is 0. The Balaban J connectivity index is 1.75. The van der Waals surface area contributed by atoms with Gasteiger partial charge in [-0.25, -0.2) is 0 Å². The van der Waals surface area contributed by atoms with Crippen LogP contribution < -0.4 is 0 Å². The first-order valence-electron chi connectivity index (χ1n) is 11.7. The third-order valence-corrected chi connectivity index (χ3v) is 6.82. The van der Waals surface area contributed by atoms with E-state index in [2.05, 4.69) is 140 Å². The van der Waals surface area contributed by atoms with E-state index >= 15 is 0 Å². The van der Waals surface area contributed by atoms with E-state index in [1.165, 1.54) is 38.9 Å². The highest BCUT2D eigenvalue weighted by atomic mass is 35.5. The Morgan fingerprint density at radius 3 is 0.971 bits per heavy atom. The molecule has 0 saturated heterocycles. The Morgan fingerprint density at radius 1 is 0.441 bits per heavy atom. The van der Waals surface area contributed by atoms with Gasteiger partial charge in [-0.15, -0.1) is 0 Å². The molecule has 34 heavy (non-hydrogen) atoms. The fraction of sp³-hybridized carbons (Fsp3) is 0.0909. The normalized spacial score (nSPS) is 11.2. The van der Waals surface area contributed by atoms with Crippen molar-refractivity contribution in [2.45, 2.75) is 18.8 Å². The van der Waals surface area contributed by atoms with Crippen LogP contribution in [-0.4, -0.2) is 0 Å². The Morgan fingerprint density at radius 2 is 0.706 bits per heavy atom. The maximum absolute atomic E-state index is 6.86. The van der Waals surface area contributed by atoms with Gasteiger partial charge in [0.25, 0.3) is 0 Å². The summed E-state index contributed by atoms with van der Waals surface area (Å²) in [6, 6.07) is 47.2. The molecule has 0 spiro atoms. The Bertz CT molecular complexity index is 1160. The van der Waals surface area contributed by atoms with Crippen molar-refractivity contribution >= 4 is 11.6 Å². The lowest BCUT2D eigenvalue weighted by Gasteiger charge is -2.27. The van der Waals surface area contributed by atoms with Gasteiger partial charge in [0.1, 0.15) is 0 Å². The number of halogens is 1. The molecule has 1 heteroatoms. The Hall–Kier alpha value is -3.61. The molecule has 0 nitrogen and oxygen atoms in total. The fourth-order valence-corrected chi connectivity index (χ4v) is 5.24. The number of hydrogen-bond acceptors (Lipinski definition) is 0. The van der Waals surface area contributed by atoms with E-state index in [0.717, 1.165) is 5.02 Å². The minimum absolute atomic E-state index is 0.104. The van der Waals surface area contributed by atoms with Crippen LogP contribution in [0.1, 0.15) is 50.8 Å². The summed E-state index contributed by atoms with van der Waals surface area (Å²) >= 11 is 6.86. The second-order valence-corrected chi connectivity index (χ2v) is 9.15. The van der Waals surface area contributed by atoms with E-state index in [-0.39, 0.29) is 11.8 Å². The molecule has 0 heterocycles. The lowest BCUT2D eigenvalue weighted by atomic mass is 9.77. The van der Waals surface area contributed by atoms with Crippen LogP contribution in [-0.2, 0) is 0 Å². The van der Waals surface area contributed by atoms with E-state index < -0.39 is 0 Å². The predicted molar refractivity (Wildman–Crippen MR) is 144 cm³/mol. The molecule has 0 N–H and O–H groups in total. The SMILES string of the molecule is Cc1c(C(c2ccccc2)c2ccccc2)cc(Cl)cc1C(c1ccccc1)c1ccccc1. The first-order chi connectivity index (χ1) is 16.7. The van der Waals surface area contributed by atoms with Crippen LogP contribution in [0.5, 0.6) is 0 Å². The molecule has 5 aromatic rings. The third kappa shape index (κ3) is 4.55. The van der Waals surface area contributed by atoms with Crippen LogP contribution in [0.25, 0.3) is 0 Å². The van der Waals surface area contributed by atoms with Gasteiger partial charge in [-0.1, -0.05) is 133 Å². The molecule has 0 radical (unpaired) electrons. The standard InChI is InChI=1S/C33H27Cl/c1-24-30(32(25-14-6-2-7-15-25)26-16-8-3-9-17-26)22-29(34)23-31(24)33(27-18-10-4-11-19-27)28-20-12-5-13-21-28/h2-23,32-33H,1H3. The molecule has 0 atom stereocenters. The molecular formula is C33H27Cl. The van der Waals surface area contributed by atoms with Crippen LogP contribution in [0, 0.1) is 6.92 Å². The highest BCUT2D eigenvalue weighted by Gasteiger charge is 2.25. The molecule has 5 aromatic carbocycles. The van der Waals surface area contributed by atoms with Crippen molar-refractivity contribution in [2.75, 3.05) is 0 Å². The number of hydrogen-bond donors (Lipinski definition) is 0. The molecule has 0 aliphatic carbocycles. The zero-order chi connectivity index (χ0) is 23.3. The van der Waals surface area contributed by atoms with Crippen molar-refractivity contribution in [2.24, 2.45) is 0 Å². The highest BCUT2D eigenvalue weighted by molar-refractivity contribution is 6.30. The van der Waals surface area contributed by atoms with Gasteiger partial charge >= 0.3 is 0 Å². The minimum Gasteiger partial charge on any atom is -0.0843 e. The van der Waals surface area contributed by atoms with Crippen LogP contribution in [0.4, 0.5) is 0 Å². The van der Waals surface area contributed by atoms with Crippen LogP contribution in [0.3, 0.4) is 0 Å². The summed E-state index contributed by atoms with van der Waals surface area (Å²) in [6.45, 7) is 2.25. The fourth-order valence-electron chi connectivity index (χ4n) is 5.01. The Labute approximate surface area is 207 Å². The number of rotatable bonds is 6. The Kier molecular flexibility index (Phi) is 6.60. The quantitative estimate of drug-likeness (QED) is 0.223. The maximum atomic E-state index is 6.86. The van der Waals surface area contributed by atoms with Gasteiger partial charge < -0.3 is 0 Å². The monoisotopic (exact) mass is 458 g/mol. The molecule has 166 valence electrons. The minimum atomic E-state index is 0.104. The molecule has 0 aliphatic rings. The van der Waals surface area contributed by atoms with Crippen molar-refractivity contribution in [3.63, 3.8) is 0 Å². The van der Waals surface area contributed by atoms with Gasteiger partial charge in [0.2, 0.25) is 0 Å². The summed E-state index contributed by atoms with van der Waals surface area (Å²) in [5, 5.41) is 0.768. The first-order valence-corrected chi connectivity index (χ1v) is 12.1. The lowest BCUT2D eigenvalue weighted by Crippen LogP contribution is -2.11. The summed E-state index contributed by atoms with van der Waals surface area (Å²) < 4.78 is 0. The smallest absolute Gasteiger partial charge is 0.0412 e. The second kappa shape index (κ2) is 10.1. The van der Waals surface area contributed by atoms with Crippen LogP contribution >= 0.6 is 11.6 Å². The van der Waals surface area contributed by atoms with Crippen molar-refractivity contribution in [1.82, 2.24) is 0 Å². The average Bonchev–Trinajstić information content (AvgIpc) is 2.89. The van der Waals surface area contributed by atoms with E-state index in [4.69, 9.17) is 11.6 Å². The maximum Gasteiger partial charge on any atom is 0.0412 e. The van der Waals surface area contributed by atoms with Gasteiger partial charge in [0, 0.05) is 16.9 Å². The largest absolute Gasteiger partial charge is 0.0843 e. The molecular weight excluding hydrogens is 432 g/mol. The van der Waals surface area contributed by atoms with Crippen molar-refractivity contribution in [3.05, 3.63) is 177 Å². The van der Waals surface area contributed by atoms with Gasteiger partial charge in [-0.2, -0.15) is 0 Å². The first kappa shape index (κ1) is 22.2. The highest BCUT2D eigenvalue weighted by Crippen LogP contribution is 2.41. The lowest BCUT2D eigenvalue weighted by molar-refractivity contribution is 0.917. The molecule has 0 fully saturated rings.